The lowest BCUT2D eigenvalue weighted by Crippen LogP contribution is -2.57. The molecule has 0 amide bonds. The minimum Gasteiger partial charge on any atom is -0.627 e. The number of benzene rings is 6. The Bertz CT molecular complexity index is 4490. The minimum atomic E-state index is -1.20. The maximum absolute atomic E-state index is 13.9. The van der Waals surface area contributed by atoms with Crippen molar-refractivity contribution in [1.82, 2.24) is 67.5 Å². The maximum atomic E-state index is 13.9. The lowest BCUT2D eigenvalue weighted by Gasteiger charge is -2.48. The van der Waals surface area contributed by atoms with E-state index in [9.17, 15) is 20.0 Å². The van der Waals surface area contributed by atoms with Gasteiger partial charge >= 0.3 is 11.4 Å². The molecular formula is C70H76Cl4N16O10. The highest BCUT2D eigenvalue weighted by atomic mass is 35.5. The van der Waals surface area contributed by atoms with Crippen molar-refractivity contribution in [2.45, 2.75) is 89.5 Å². The maximum Gasteiger partial charge on any atom is 0.350 e. The molecule has 0 radical (unpaired) electrons. The molecule has 4 aromatic heterocycles. The van der Waals surface area contributed by atoms with Crippen molar-refractivity contribution < 1.29 is 28.4 Å². The first-order valence-electron chi connectivity index (χ1n) is 33.2. The SMILES string of the molecule is CCC(C)n1ncn(-c2ccc(N3CC[N+]([O-])(c4ccc(OC[C@H]5CO[C@](Cn6cncn6)(c6ccc(Cl)cc6Cl)O5)cc4)CC3)cc2)c1=O.CCC(C)n1ncn(-c2ccc([N+]3([O-])CCN(c4ccc(OC[C@H]5CO[C@](Cn6cncn6)(c6ccc(Cl)cc6Cl)O5)cc4)CC3)cc2)c1=O. The van der Waals surface area contributed by atoms with Crippen molar-refractivity contribution in [2.24, 2.45) is 0 Å². The number of anilines is 2. The fourth-order valence-electron chi connectivity index (χ4n) is 12.8. The largest absolute Gasteiger partial charge is 0.627 e. The van der Waals surface area contributed by atoms with Gasteiger partial charge in [0.2, 0.25) is 11.6 Å². The van der Waals surface area contributed by atoms with Gasteiger partial charge in [-0.25, -0.2) is 47.4 Å². The molecule has 0 N–H and O–H groups in total. The summed E-state index contributed by atoms with van der Waals surface area (Å²) in [7, 11) is 0. The average Bonchev–Trinajstić information content (AvgIpc) is 1.54. The first kappa shape index (κ1) is 70.0. The molecule has 0 spiro atoms. The van der Waals surface area contributed by atoms with Gasteiger partial charge in [0, 0.05) is 56.8 Å². The normalized spacial score (nSPS) is 21.0. The number of nitrogens with zero attached hydrogens (tertiary/aromatic N) is 16. The van der Waals surface area contributed by atoms with Crippen LogP contribution in [0, 0.1) is 10.4 Å². The number of aromatic nitrogens is 12. The molecule has 4 fully saturated rings. The summed E-state index contributed by atoms with van der Waals surface area (Å²) < 4.78 is 46.0. The van der Waals surface area contributed by atoms with Gasteiger partial charge in [-0.2, -0.15) is 20.4 Å². The van der Waals surface area contributed by atoms with Crippen LogP contribution in [0.3, 0.4) is 0 Å². The molecule has 100 heavy (non-hydrogen) atoms. The number of piperazine rings is 2. The second kappa shape index (κ2) is 30.0. The van der Waals surface area contributed by atoms with E-state index in [0.29, 0.717) is 119 Å². The van der Waals surface area contributed by atoms with Crippen LogP contribution in [0.2, 0.25) is 20.1 Å². The first-order chi connectivity index (χ1) is 48.3. The number of rotatable bonds is 22. The lowest BCUT2D eigenvalue weighted by molar-refractivity contribution is -0.191. The first-order valence-corrected chi connectivity index (χ1v) is 34.7. The Morgan fingerprint density at radius 3 is 1.26 bits per heavy atom. The average molecular weight is 1440 g/mol. The molecule has 8 heterocycles. The van der Waals surface area contributed by atoms with Crippen LogP contribution in [0.25, 0.3) is 11.4 Å². The standard InChI is InChI=1S/2C35H38Cl2N8O5/c1-3-25(2)44-34(46)43(24-40-44)28-5-9-29(10-6-28)45(47)16-14-41(15-17-45)27-7-11-30(12-8-27)48-19-31-20-49-35(50-31,21-42-23-38-22-39-42)32-13-4-26(36)18-33(32)37;1-3-25(2)44-34(46)43(24-40-44)28-7-5-27(6-8-28)41-14-16-45(47,17-15-41)29-9-11-30(12-10-29)48-19-31-20-49-35(50-31,21-42-23-38-22-39-42)32-13-4-26(36)18-33(32)37/h2*4-13,18,22-25,31H,3,14-17,19-21H2,1-2H3/t2*25?,31-,35-/m00/s1. The monoisotopic (exact) mass is 1440 g/mol. The van der Waals surface area contributed by atoms with Crippen molar-refractivity contribution in [3.8, 4) is 22.9 Å². The highest BCUT2D eigenvalue weighted by Gasteiger charge is 2.47. The summed E-state index contributed by atoms with van der Waals surface area (Å²) >= 11 is 25.4. The van der Waals surface area contributed by atoms with E-state index in [4.69, 9.17) is 74.8 Å². The predicted octanol–water partition coefficient (Wildman–Crippen LogP) is 11.2. The molecule has 14 rings (SSSR count). The molecule has 6 atom stereocenters. The third kappa shape index (κ3) is 15.1. The van der Waals surface area contributed by atoms with Crippen LogP contribution in [-0.2, 0) is 43.6 Å². The van der Waals surface area contributed by atoms with E-state index < -0.39 is 27.0 Å². The molecule has 10 aromatic rings. The predicted molar refractivity (Wildman–Crippen MR) is 382 cm³/mol. The van der Waals surface area contributed by atoms with Crippen molar-refractivity contribution in [3.63, 3.8) is 0 Å². The van der Waals surface area contributed by atoms with E-state index in [0.717, 1.165) is 29.9 Å². The summed E-state index contributed by atoms with van der Waals surface area (Å²) in [6.45, 7) is 13.5. The Balaban J connectivity index is 0.000000179. The number of hydroxylamine groups is 4. The Morgan fingerprint density at radius 1 is 0.510 bits per heavy atom. The molecule has 26 nitrogen and oxygen atoms in total. The highest BCUT2D eigenvalue weighted by molar-refractivity contribution is 6.35. The zero-order valence-corrected chi connectivity index (χ0v) is 58.6. The van der Waals surface area contributed by atoms with Gasteiger partial charge in [-0.15, -0.1) is 0 Å². The Kier molecular flexibility index (Phi) is 21.0. The Hall–Kier alpha value is -8.48. The molecule has 30 heteroatoms. The topological polar surface area (TPSA) is 249 Å². The molecule has 6 aromatic carbocycles. The van der Waals surface area contributed by atoms with Gasteiger partial charge in [-0.05, 0) is 124 Å². The Labute approximate surface area is 596 Å². The summed E-state index contributed by atoms with van der Waals surface area (Å²) in [6.07, 6.45) is 10.0. The van der Waals surface area contributed by atoms with E-state index in [-0.39, 0.29) is 62.5 Å². The van der Waals surface area contributed by atoms with E-state index >= 15 is 0 Å². The second-order valence-corrected chi connectivity index (χ2v) is 27.0. The van der Waals surface area contributed by atoms with Gasteiger partial charge in [0.05, 0.1) is 72.9 Å². The van der Waals surface area contributed by atoms with Crippen LogP contribution in [0.5, 0.6) is 11.5 Å². The van der Waals surface area contributed by atoms with Crippen LogP contribution in [0.1, 0.15) is 63.7 Å². The molecular weight excluding hydrogens is 1370 g/mol. The van der Waals surface area contributed by atoms with E-state index in [1.54, 1.807) is 69.3 Å². The highest BCUT2D eigenvalue weighted by Crippen LogP contribution is 2.43. The van der Waals surface area contributed by atoms with Crippen LogP contribution < -0.4 is 39.9 Å². The smallest absolute Gasteiger partial charge is 0.350 e. The summed E-state index contributed by atoms with van der Waals surface area (Å²) in [5.41, 5.74) is 5.74. The van der Waals surface area contributed by atoms with Crippen molar-refractivity contribution in [1.29, 1.82) is 0 Å². The number of halogens is 4. The molecule has 0 bridgehead atoms. The number of quaternary nitrogens is 2. The Morgan fingerprint density at radius 2 is 0.880 bits per heavy atom. The van der Waals surface area contributed by atoms with Crippen molar-refractivity contribution in [2.75, 3.05) is 88.6 Å². The fourth-order valence-corrected chi connectivity index (χ4v) is 13.9. The van der Waals surface area contributed by atoms with E-state index in [1.807, 2.05) is 125 Å². The van der Waals surface area contributed by atoms with Crippen LogP contribution in [0.15, 0.2) is 181 Å². The van der Waals surface area contributed by atoms with Crippen molar-refractivity contribution in [3.05, 3.63) is 234 Å². The molecule has 4 saturated heterocycles. The fraction of sp³-hybridized carbons (Fsp3) is 0.371. The zero-order valence-electron chi connectivity index (χ0n) is 55.5. The van der Waals surface area contributed by atoms with Crippen LogP contribution in [0.4, 0.5) is 22.7 Å². The number of ether oxygens (including phenoxy) is 6. The lowest BCUT2D eigenvalue weighted by atomic mass is 10.1. The summed E-state index contributed by atoms with van der Waals surface area (Å²) in [5, 5.41) is 46.5. The molecule has 524 valence electrons. The van der Waals surface area contributed by atoms with Crippen LogP contribution >= 0.6 is 46.4 Å². The van der Waals surface area contributed by atoms with Gasteiger partial charge < -0.3 is 57.9 Å². The summed E-state index contributed by atoms with van der Waals surface area (Å²) in [4.78, 5) is 38.1. The van der Waals surface area contributed by atoms with Gasteiger partial charge in [-0.1, -0.05) is 72.4 Å². The molecule has 4 aliphatic rings. The van der Waals surface area contributed by atoms with Gasteiger partial charge in [0.25, 0.3) is 0 Å². The minimum absolute atomic E-state index is 0.0140. The van der Waals surface area contributed by atoms with Gasteiger partial charge in [0.1, 0.15) is 126 Å². The summed E-state index contributed by atoms with van der Waals surface area (Å²) in [6, 6.07) is 40.6. The third-order valence-corrected chi connectivity index (χ3v) is 20.0. The summed E-state index contributed by atoms with van der Waals surface area (Å²) in [5.74, 6) is -1.08. The number of hydrogen-bond acceptors (Lipinski definition) is 18. The van der Waals surface area contributed by atoms with Crippen molar-refractivity contribution >= 4 is 69.2 Å². The quantitative estimate of drug-likeness (QED) is 0.0452. The number of hydrogen-bond donors (Lipinski definition) is 0. The van der Waals surface area contributed by atoms with Gasteiger partial charge in [-0.3, -0.25) is 0 Å². The molecule has 0 saturated carbocycles. The van der Waals surface area contributed by atoms with Gasteiger partial charge in [0.15, 0.2) is 0 Å². The van der Waals surface area contributed by atoms with E-state index in [2.05, 4.69) is 40.2 Å². The molecule has 2 unspecified atom stereocenters. The second-order valence-electron chi connectivity index (χ2n) is 25.3. The zero-order chi connectivity index (χ0) is 69.8. The third-order valence-electron chi connectivity index (χ3n) is 18.9. The molecule has 4 aliphatic heterocycles. The van der Waals surface area contributed by atoms with E-state index in [1.165, 1.54) is 32.9 Å². The van der Waals surface area contributed by atoms with Crippen LogP contribution in [-0.4, -0.2) is 149 Å². The molecule has 0 aliphatic carbocycles.